The number of aliphatic carboxylic acids is 1. The minimum absolute atomic E-state index is 0.00779. The van der Waals surface area contributed by atoms with Crippen molar-refractivity contribution in [2.45, 2.75) is 43.1 Å². The van der Waals surface area contributed by atoms with Crippen LogP contribution in [0.1, 0.15) is 48.8 Å². The highest BCUT2D eigenvalue weighted by Gasteiger charge is 2.51. The second-order valence-corrected chi connectivity index (χ2v) is 9.70. The maximum Gasteiger partial charge on any atom is 0.335 e. The largest absolute Gasteiger partial charge is 0.494 e. The Morgan fingerprint density at radius 1 is 1.22 bits per heavy atom. The standard InChI is InChI=1S/C26H25F2N3O5/c1-35-19-9-16(2-3-17(19)27)31-18-8-14-12-29-30-23(14)22(28)21(18)20(15-10-26(34,11-15)25(32)33)24(31)13-4-6-36-7-5-13/h2-3,8-9,12-13,15,34H,4-7,10-11H2,1H3,(H,29,30)(H,32,33). The smallest absolute Gasteiger partial charge is 0.335 e. The summed E-state index contributed by atoms with van der Waals surface area (Å²) in [4.78, 5) is 11.7. The quantitative estimate of drug-likeness (QED) is 0.378. The van der Waals surface area contributed by atoms with Gasteiger partial charge in [0.15, 0.2) is 23.0 Å². The van der Waals surface area contributed by atoms with Gasteiger partial charge in [0.25, 0.3) is 0 Å². The maximum atomic E-state index is 16.1. The highest BCUT2D eigenvalue weighted by Crippen LogP contribution is 2.52. The van der Waals surface area contributed by atoms with Crippen LogP contribution >= 0.6 is 0 Å². The summed E-state index contributed by atoms with van der Waals surface area (Å²) in [6.45, 7) is 1.07. The number of hydrogen-bond acceptors (Lipinski definition) is 5. The van der Waals surface area contributed by atoms with E-state index in [0.29, 0.717) is 53.6 Å². The molecule has 2 aliphatic rings. The topological polar surface area (TPSA) is 110 Å². The molecule has 2 fully saturated rings. The van der Waals surface area contributed by atoms with Gasteiger partial charge in [-0.3, -0.25) is 5.10 Å². The van der Waals surface area contributed by atoms with Crippen LogP contribution in [0.2, 0.25) is 0 Å². The number of rotatable bonds is 5. The molecule has 188 valence electrons. The highest BCUT2D eigenvalue weighted by molar-refractivity contribution is 6.00. The number of benzene rings is 2. The Hall–Kier alpha value is -3.50. The van der Waals surface area contributed by atoms with Gasteiger partial charge in [-0.25, -0.2) is 13.6 Å². The molecule has 10 heteroatoms. The summed E-state index contributed by atoms with van der Waals surface area (Å²) >= 11 is 0. The van der Waals surface area contributed by atoms with Gasteiger partial charge in [0.1, 0.15) is 5.52 Å². The van der Waals surface area contributed by atoms with Crippen molar-refractivity contribution in [2.75, 3.05) is 20.3 Å². The van der Waals surface area contributed by atoms with Crippen LogP contribution in [0.3, 0.4) is 0 Å². The van der Waals surface area contributed by atoms with E-state index < -0.39 is 23.2 Å². The number of carbonyl (C=O) groups is 1. The average Bonchev–Trinajstić information content (AvgIpc) is 3.46. The molecule has 0 amide bonds. The number of fused-ring (bicyclic) bond motifs is 2. The summed E-state index contributed by atoms with van der Waals surface area (Å²) in [7, 11) is 1.39. The number of ether oxygens (including phenoxy) is 2. The fraction of sp³-hybridized carbons (Fsp3) is 0.385. The molecule has 1 aliphatic carbocycles. The van der Waals surface area contributed by atoms with Crippen LogP contribution < -0.4 is 4.74 Å². The van der Waals surface area contributed by atoms with Crippen molar-refractivity contribution in [3.8, 4) is 11.4 Å². The predicted octanol–water partition coefficient (Wildman–Crippen LogP) is 4.38. The van der Waals surface area contributed by atoms with Crippen molar-refractivity contribution in [2.24, 2.45) is 0 Å². The van der Waals surface area contributed by atoms with Crippen LogP contribution in [0.25, 0.3) is 27.5 Å². The van der Waals surface area contributed by atoms with Gasteiger partial charge in [-0.2, -0.15) is 5.10 Å². The second kappa shape index (κ2) is 8.28. The molecule has 6 rings (SSSR count). The van der Waals surface area contributed by atoms with Gasteiger partial charge in [-0.05, 0) is 55.4 Å². The van der Waals surface area contributed by atoms with Gasteiger partial charge < -0.3 is 24.3 Å². The Kier molecular flexibility index (Phi) is 5.27. The van der Waals surface area contributed by atoms with Crippen molar-refractivity contribution < 1.29 is 33.3 Å². The van der Waals surface area contributed by atoms with E-state index in [4.69, 9.17) is 9.47 Å². The van der Waals surface area contributed by atoms with Crippen LogP contribution in [-0.2, 0) is 9.53 Å². The molecule has 1 aliphatic heterocycles. The number of H-pyrrole nitrogens is 1. The molecule has 8 nitrogen and oxygen atoms in total. The van der Waals surface area contributed by atoms with Gasteiger partial charge in [0.05, 0.1) is 18.8 Å². The van der Waals surface area contributed by atoms with Gasteiger partial charge >= 0.3 is 5.97 Å². The Morgan fingerprint density at radius 3 is 2.67 bits per heavy atom. The third kappa shape index (κ3) is 3.31. The molecule has 1 saturated heterocycles. The molecular weight excluding hydrogens is 472 g/mol. The van der Waals surface area contributed by atoms with Crippen LogP contribution in [0, 0.1) is 11.6 Å². The number of methoxy groups -OCH3 is 1. The fourth-order valence-electron chi connectivity index (χ4n) is 5.84. The molecule has 0 bridgehead atoms. The number of aromatic nitrogens is 3. The molecule has 0 spiro atoms. The lowest BCUT2D eigenvalue weighted by molar-refractivity contribution is -0.169. The molecule has 1 saturated carbocycles. The van der Waals surface area contributed by atoms with Gasteiger partial charge in [-0.1, -0.05) is 0 Å². The third-order valence-electron chi connectivity index (χ3n) is 7.66. The summed E-state index contributed by atoms with van der Waals surface area (Å²) < 4.78 is 43.2. The highest BCUT2D eigenvalue weighted by atomic mass is 19.1. The molecule has 2 aromatic carbocycles. The summed E-state index contributed by atoms with van der Waals surface area (Å²) in [5.74, 6) is -2.60. The van der Waals surface area contributed by atoms with Crippen molar-refractivity contribution in [1.29, 1.82) is 0 Å². The van der Waals surface area contributed by atoms with E-state index in [1.54, 1.807) is 18.3 Å². The van der Waals surface area contributed by atoms with Crippen LogP contribution in [-0.4, -0.2) is 56.9 Å². The lowest BCUT2D eigenvalue weighted by Crippen LogP contribution is -2.49. The SMILES string of the molecule is COc1cc(-n2c(C3CCOCC3)c(C3CC(O)(C(=O)O)C3)c3c(F)c4[nH]ncc4cc32)ccc1F. The molecule has 2 aromatic heterocycles. The summed E-state index contributed by atoms with van der Waals surface area (Å²) in [6.07, 6.45) is 2.88. The first-order valence-electron chi connectivity index (χ1n) is 11.9. The van der Waals surface area contributed by atoms with Crippen molar-refractivity contribution in [3.63, 3.8) is 0 Å². The number of nitrogens with one attached hydrogen (secondary N) is 1. The zero-order valence-corrected chi connectivity index (χ0v) is 19.6. The first kappa shape index (κ1) is 22.9. The van der Waals surface area contributed by atoms with Crippen molar-refractivity contribution >= 4 is 27.8 Å². The number of carboxylic acids is 1. The zero-order chi connectivity index (χ0) is 25.2. The minimum Gasteiger partial charge on any atom is -0.494 e. The number of nitrogens with zero attached hydrogens (tertiary/aromatic N) is 2. The minimum atomic E-state index is -1.85. The fourth-order valence-corrected chi connectivity index (χ4v) is 5.84. The molecule has 0 unspecified atom stereocenters. The average molecular weight is 497 g/mol. The molecule has 0 atom stereocenters. The van der Waals surface area contributed by atoms with E-state index in [1.165, 1.54) is 13.2 Å². The molecule has 3 heterocycles. The van der Waals surface area contributed by atoms with E-state index in [9.17, 15) is 19.4 Å². The molecule has 0 radical (unpaired) electrons. The van der Waals surface area contributed by atoms with Crippen molar-refractivity contribution in [3.05, 3.63) is 53.4 Å². The summed E-state index contributed by atoms with van der Waals surface area (Å²) in [5.41, 5.74) is 1.08. The maximum absolute atomic E-state index is 16.1. The molecule has 4 aromatic rings. The monoisotopic (exact) mass is 497 g/mol. The number of carboxylic acid groups (broad SMARTS) is 1. The lowest BCUT2D eigenvalue weighted by atomic mass is 9.66. The van der Waals surface area contributed by atoms with E-state index in [2.05, 4.69) is 10.2 Å². The van der Waals surface area contributed by atoms with Crippen molar-refractivity contribution in [1.82, 2.24) is 14.8 Å². The molecular formula is C26H25F2N3O5. The van der Waals surface area contributed by atoms with E-state index in [1.807, 2.05) is 10.6 Å². The van der Waals surface area contributed by atoms with Crippen LogP contribution in [0.4, 0.5) is 8.78 Å². The van der Waals surface area contributed by atoms with E-state index >= 15 is 4.39 Å². The van der Waals surface area contributed by atoms with Gasteiger partial charge in [0, 0.05) is 47.4 Å². The first-order valence-corrected chi connectivity index (χ1v) is 11.9. The van der Waals surface area contributed by atoms with E-state index in [0.717, 1.165) is 5.69 Å². The zero-order valence-electron chi connectivity index (χ0n) is 19.6. The molecule has 36 heavy (non-hydrogen) atoms. The van der Waals surface area contributed by atoms with E-state index in [-0.39, 0.29) is 35.9 Å². The number of aliphatic hydroxyl groups is 1. The summed E-state index contributed by atoms with van der Waals surface area (Å²) in [5, 5.41) is 27.7. The lowest BCUT2D eigenvalue weighted by Gasteiger charge is -2.41. The predicted molar refractivity (Wildman–Crippen MR) is 127 cm³/mol. The number of aromatic amines is 1. The third-order valence-corrected chi connectivity index (χ3v) is 7.66. The second-order valence-electron chi connectivity index (χ2n) is 9.70. The number of hydrogen-bond donors (Lipinski definition) is 3. The van der Waals surface area contributed by atoms with Gasteiger partial charge in [0.2, 0.25) is 0 Å². The Balaban J connectivity index is 1.68. The van der Waals surface area contributed by atoms with Crippen LogP contribution in [0.5, 0.6) is 5.75 Å². The Bertz CT molecular complexity index is 1500. The Morgan fingerprint density at radius 2 is 1.97 bits per heavy atom. The number of halogens is 2. The Labute approximate surface area is 204 Å². The molecule has 3 N–H and O–H groups in total. The van der Waals surface area contributed by atoms with Gasteiger partial charge in [-0.15, -0.1) is 0 Å². The normalized spacial score (nSPS) is 22.7. The summed E-state index contributed by atoms with van der Waals surface area (Å²) in [6, 6.07) is 6.34. The van der Waals surface area contributed by atoms with Crippen LogP contribution in [0.15, 0.2) is 30.5 Å². The first-order chi connectivity index (χ1) is 17.3.